The second kappa shape index (κ2) is 9.05. The maximum absolute atomic E-state index is 10.9. The number of carbonyl (C=O) groups excluding carboxylic acids is 1. The van der Waals surface area contributed by atoms with E-state index < -0.39 is 0 Å². The Morgan fingerprint density at radius 3 is 2.17 bits per heavy atom. The van der Waals surface area contributed by atoms with Gasteiger partial charge in [0.2, 0.25) is 0 Å². The quantitative estimate of drug-likeness (QED) is 0.487. The zero-order valence-electron chi connectivity index (χ0n) is 16.5. The number of hydrogen-bond donors (Lipinski definition) is 0. The van der Waals surface area contributed by atoms with Crippen molar-refractivity contribution >= 4 is 5.97 Å². The topological polar surface area (TPSA) is 26.3 Å². The maximum atomic E-state index is 10.9. The van der Waals surface area contributed by atoms with Gasteiger partial charge >= 0.3 is 5.97 Å². The molecule has 1 aromatic rings. The van der Waals surface area contributed by atoms with Crippen molar-refractivity contribution in [3.63, 3.8) is 0 Å². The zero-order valence-corrected chi connectivity index (χ0v) is 16.5. The standard InChI is InChI=1S/C12H20O2.C10H14/c1-9-5-7-11(8-6-9)12(3,4)14-10(2)13;1-8(2)10-6-4-9(3)5-7-10/h5,11H,6-8H2,1-4H3;4-8H,1-3H3. The lowest BCUT2D eigenvalue weighted by molar-refractivity contribution is -0.159. The smallest absolute Gasteiger partial charge is 0.303 e. The molecule has 2 rings (SSSR count). The molecule has 2 heteroatoms. The molecule has 24 heavy (non-hydrogen) atoms. The van der Waals surface area contributed by atoms with Crippen LogP contribution in [0.2, 0.25) is 0 Å². The molecule has 0 N–H and O–H groups in total. The Hall–Kier alpha value is -1.57. The first-order valence-corrected chi connectivity index (χ1v) is 9.03. The molecule has 1 aliphatic rings. The Morgan fingerprint density at radius 1 is 1.17 bits per heavy atom. The second-order valence-electron chi connectivity index (χ2n) is 7.78. The third kappa shape index (κ3) is 6.90. The van der Waals surface area contributed by atoms with Crippen LogP contribution >= 0.6 is 0 Å². The summed E-state index contributed by atoms with van der Waals surface area (Å²) in [6, 6.07) is 8.71. The molecule has 0 aromatic heterocycles. The number of hydrogen-bond acceptors (Lipinski definition) is 2. The minimum atomic E-state index is -0.316. The summed E-state index contributed by atoms with van der Waals surface area (Å²) in [6.07, 6.45) is 5.56. The van der Waals surface area contributed by atoms with Gasteiger partial charge in [-0.1, -0.05) is 55.3 Å². The zero-order chi connectivity index (χ0) is 18.3. The van der Waals surface area contributed by atoms with E-state index in [0.717, 1.165) is 19.3 Å². The van der Waals surface area contributed by atoms with Gasteiger partial charge in [0.05, 0.1) is 0 Å². The van der Waals surface area contributed by atoms with E-state index in [4.69, 9.17) is 4.74 Å². The van der Waals surface area contributed by atoms with Crippen LogP contribution in [0, 0.1) is 12.8 Å². The van der Waals surface area contributed by atoms with Crippen LogP contribution in [0.15, 0.2) is 35.9 Å². The average molecular weight is 331 g/mol. The predicted molar refractivity (Wildman–Crippen MR) is 102 cm³/mol. The minimum Gasteiger partial charge on any atom is -0.460 e. The lowest BCUT2D eigenvalue weighted by Crippen LogP contribution is -2.36. The van der Waals surface area contributed by atoms with Gasteiger partial charge in [0, 0.05) is 12.8 Å². The number of esters is 1. The highest BCUT2D eigenvalue weighted by Gasteiger charge is 2.32. The molecule has 0 fully saturated rings. The van der Waals surface area contributed by atoms with Crippen LogP contribution in [0.5, 0.6) is 0 Å². The van der Waals surface area contributed by atoms with E-state index in [1.807, 2.05) is 13.8 Å². The first-order chi connectivity index (χ1) is 11.1. The van der Waals surface area contributed by atoms with E-state index in [2.05, 4.69) is 58.0 Å². The largest absolute Gasteiger partial charge is 0.460 e. The first-order valence-electron chi connectivity index (χ1n) is 9.03. The molecule has 0 saturated heterocycles. The van der Waals surface area contributed by atoms with Crippen LogP contribution in [-0.4, -0.2) is 11.6 Å². The summed E-state index contributed by atoms with van der Waals surface area (Å²) in [7, 11) is 0. The monoisotopic (exact) mass is 330 g/mol. The van der Waals surface area contributed by atoms with Crippen molar-refractivity contribution in [2.24, 2.45) is 5.92 Å². The molecule has 1 aliphatic carbocycles. The fourth-order valence-corrected chi connectivity index (χ4v) is 3.00. The third-order valence-corrected chi connectivity index (χ3v) is 4.77. The van der Waals surface area contributed by atoms with E-state index in [9.17, 15) is 4.79 Å². The summed E-state index contributed by atoms with van der Waals surface area (Å²) in [5, 5.41) is 0. The molecule has 1 atom stereocenters. The summed E-state index contributed by atoms with van der Waals surface area (Å²) in [5.41, 5.74) is 3.90. The van der Waals surface area contributed by atoms with Crippen molar-refractivity contribution in [2.45, 2.75) is 79.2 Å². The van der Waals surface area contributed by atoms with Gasteiger partial charge in [0.15, 0.2) is 0 Å². The molecular formula is C22H34O2. The Bertz CT molecular complexity index is 550. The Balaban J connectivity index is 0.000000254. The third-order valence-electron chi connectivity index (χ3n) is 4.77. The summed E-state index contributed by atoms with van der Waals surface area (Å²) in [6.45, 7) is 14.2. The number of allylic oxidation sites excluding steroid dienone is 2. The van der Waals surface area contributed by atoms with Gasteiger partial charge in [-0.05, 0) is 58.4 Å². The van der Waals surface area contributed by atoms with Crippen molar-refractivity contribution in [3.8, 4) is 0 Å². The number of aryl methyl sites for hydroxylation is 1. The molecule has 0 heterocycles. The average Bonchev–Trinajstić information content (AvgIpc) is 2.47. The summed E-state index contributed by atoms with van der Waals surface area (Å²) in [5.74, 6) is 0.942. The van der Waals surface area contributed by atoms with Crippen molar-refractivity contribution in [1.82, 2.24) is 0 Å². The van der Waals surface area contributed by atoms with Gasteiger partial charge in [0.25, 0.3) is 0 Å². The maximum Gasteiger partial charge on any atom is 0.303 e. The van der Waals surface area contributed by atoms with Gasteiger partial charge in [-0.15, -0.1) is 0 Å². The summed E-state index contributed by atoms with van der Waals surface area (Å²) < 4.78 is 5.34. The van der Waals surface area contributed by atoms with Gasteiger partial charge in [-0.25, -0.2) is 0 Å². The van der Waals surface area contributed by atoms with Crippen LogP contribution in [0.4, 0.5) is 0 Å². The summed E-state index contributed by atoms with van der Waals surface area (Å²) >= 11 is 0. The Labute approximate surface area is 148 Å². The molecule has 0 aliphatic heterocycles. The lowest BCUT2D eigenvalue weighted by atomic mass is 9.79. The molecular weight excluding hydrogens is 296 g/mol. The molecule has 0 saturated carbocycles. The summed E-state index contributed by atoms with van der Waals surface area (Å²) in [4.78, 5) is 10.9. The van der Waals surface area contributed by atoms with Gasteiger partial charge < -0.3 is 4.74 Å². The van der Waals surface area contributed by atoms with Gasteiger partial charge in [-0.2, -0.15) is 0 Å². The molecule has 134 valence electrons. The van der Waals surface area contributed by atoms with E-state index in [1.54, 1.807) is 0 Å². The normalized spacial score (nSPS) is 17.7. The highest BCUT2D eigenvalue weighted by molar-refractivity contribution is 5.66. The van der Waals surface area contributed by atoms with E-state index in [-0.39, 0.29) is 11.6 Å². The SMILES string of the molecule is CC(=O)OC(C)(C)C1CC=C(C)CC1.Cc1ccc(C(C)C)cc1. The predicted octanol–water partition coefficient (Wildman–Crippen LogP) is 6.19. The highest BCUT2D eigenvalue weighted by Crippen LogP contribution is 2.34. The molecule has 2 nitrogen and oxygen atoms in total. The molecule has 0 spiro atoms. The number of ether oxygens (including phenoxy) is 1. The first kappa shape index (κ1) is 20.5. The van der Waals surface area contributed by atoms with Crippen LogP contribution in [-0.2, 0) is 9.53 Å². The van der Waals surface area contributed by atoms with Crippen LogP contribution in [0.25, 0.3) is 0 Å². The molecule has 1 aromatic carbocycles. The van der Waals surface area contributed by atoms with Crippen molar-refractivity contribution in [3.05, 3.63) is 47.0 Å². The fraction of sp³-hybridized carbons (Fsp3) is 0.591. The van der Waals surface area contributed by atoms with Crippen molar-refractivity contribution < 1.29 is 9.53 Å². The van der Waals surface area contributed by atoms with E-state index in [0.29, 0.717) is 11.8 Å². The molecule has 0 amide bonds. The van der Waals surface area contributed by atoms with Crippen molar-refractivity contribution in [1.29, 1.82) is 0 Å². The Kier molecular flexibility index (Phi) is 7.72. The second-order valence-corrected chi connectivity index (χ2v) is 7.78. The number of benzene rings is 1. The van der Waals surface area contributed by atoms with E-state index >= 15 is 0 Å². The fourth-order valence-electron chi connectivity index (χ4n) is 3.00. The minimum absolute atomic E-state index is 0.179. The molecule has 0 radical (unpaired) electrons. The Morgan fingerprint density at radius 2 is 1.75 bits per heavy atom. The van der Waals surface area contributed by atoms with Gasteiger partial charge in [0.1, 0.15) is 5.60 Å². The van der Waals surface area contributed by atoms with E-state index in [1.165, 1.54) is 23.6 Å². The van der Waals surface area contributed by atoms with Gasteiger partial charge in [-0.3, -0.25) is 4.79 Å². The van der Waals surface area contributed by atoms with Crippen LogP contribution < -0.4 is 0 Å². The number of rotatable bonds is 3. The van der Waals surface area contributed by atoms with Crippen molar-refractivity contribution in [2.75, 3.05) is 0 Å². The van der Waals surface area contributed by atoms with Crippen LogP contribution in [0.1, 0.15) is 77.8 Å². The lowest BCUT2D eigenvalue weighted by Gasteiger charge is -2.35. The molecule has 1 unspecified atom stereocenters. The highest BCUT2D eigenvalue weighted by atomic mass is 16.6. The molecule has 0 bridgehead atoms. The number of carbonyl (C=O) groups is 1. The van der Waals surface area contributed by atoms with Crippen LogP contribution in [0.3, 0.4) is 0 Å².